The highest BCUT2D eigenvalue weighted by molar-refractivity contribution is 7.92. The van der Waals surface area contributed by atoms with Crippen LogP contribution < -0.4 is 9.62 Å². The zero-order valence-corrected chi connectivity index (χ0v) is 23.1. The summed E-state index contributed by atoms with van der Waals surface area (Å²) in [4.78, 5) is 39.3. The lowest BCUT2D eigenvalue weighted by molar-refractivity contribution is -0.384. The molecule has 0 aliphatic rings. The van der Waals surface area contributed by atoms with Gasteiger partial charge in [0.25, 0.3) is 5.69 Å². The van der Waals surface area contributed by atoms with Crippen molar-refractivity contribution in [2.45, 2.75) is 32.9 Å². The Bertz CT molecular complexity index is 1460. The van der Waals surface area contributed by atoms with Crippen LogP contribution in [0.3, 0.4) is 0 Å². The summed E-state index contributed by atoms with van der Waals surface area (Å²) in [5.41, 5.74) is 2.68. The lowest BCUT2D eigenvalue weighted by Gasteiger charge is -2.33. The van der Waals surface area contributed by atoms with Crippen LogP contribution in [0.4, 0.5) is 11.4 Å². The third-order valence-corrected chi connectivity index (χ3v) is 7.60. The SMILES string of the molecule is CNC(=O)[C@@H](Cc1ccccc1)N(Cc1ccccc1C)C(=O)CN(c1cc([N+](=O)[O-])ccc1C)S(C)(=O)=O. The van der Waals surface area contributed by atoms with Crippen molar-refractivity contribution >= 4 is 33.2 Å². The Kier molecular flexibility index (Phi) is 9.42. The minimum absolute atomic E-state index is 0.0236. The van der Waals surface area contributed by atoms with E-state index in [-0.39, 0.29) is 24.3 Å². The first-order valence-electron chi connectivity index (χ1n) is 12.2. The van der Waals surface area contributed by atoms with Crippen LogP contribution in [0.25, 0.3) is 0 Å². The number of amides is 2. The standard InChI is InChI=1S/C28H32N4O6S/c1-20-10-8-9-13-23(20)18-30(26(28(34)29-3)16-22-11-6-5-7-12-22)27(33)19-31(39(4,37)38)25-17-24(32(35)36)15-14-21(25)2/h5-15,17,26H,16,18-19H2,1-4H3,(H,29,34)/t26-/m1/s1. The maximum absolute atomic E-state index is 14.0. The van der Waals surface area contributed by atoms with Crippen molar-refractivity contribution < 1.29 is 22.9 Å². The monoisotopic (exact) mass is 552 g/mol. The maximum Gasteiger partial charge on any atom is 0.271 e. The van der Waals surface area contributed by atoms with E-state index in [4.69, 9.17) is 0 Å². The van der Waals surface area contributed by atoms with E-state index in [0.717, 1.165) is 33.3 Å². The van der Waals surface area contributed by atoms with Gasteiger partial charge in [-0.05, 0) is 36.1 Å². The molecule has 11 heteroatoms. The molecule has 0 aliphatic carbocycles. The molecule has 0 unspecified atom stereocenters. The number of nitro groups is 1. The number of sulfonamides is 1. The second-order valence-corrected chi connectivity index (χ2v) is 11.2. The van der Waals surface area contributed by atoms with Gasteiger partial charge in [0.2, 0.25) is 21.8 Å². The van der Waals surface area contributed by atoms with Gasteiger partial charge in [-0.15, -0.1) is 0 Å². The van der Waals surface area contributed by atoms with Crippen molar-refractivity contribution in [3.05, 3.63) is 105 Å². The predicted molar refractivity (Wildman–Crippen MR) is 150 cm³/mol. The molecule has 0 saturated carbocycles. The number of rotatable bonds is 11. The zero-order chi connectivity index (χ0) is 28.7. The van der Waals surface area contributed by atoms with E-state index >= 15 is 0 Å². The smallest absolute Gasteiger partial charge is 0.271 e. The summed E-state index contributed by atoms with van der Waals surface area (Å²) >= 11 is 0. The minimum atomic E-state index is -4.04. The summed E-state index contributed by atoms with van der Waals surface area (Å²) in [6, 6.07) is 19.5. The quantitative estimate of drug-likeness (QED) is 0.287. The number of hydrogen-bond donors (Lipinski definition) is 1. The number of nitrogens with zero attached hydrogens (tertiary/aromatic N) is 3. The van der Waals surface area contributed by atoms with Crippen molar-refractivity contribution in [3.8, 4) is 0 Å². The molecule has 1 atom stereocenters. The van der Waals surface area contributed by atoms with E-state index in [9.17, 15) is 28.1 Å². The van der Waals surface area contributed by atoms with E-state index in [1.807, 2.05) is 61.5 Å². The van der Waals surface area contributed by atoms with Gasteiger partial charge < -0.3 is 10.2 Å². The Balaban J connectivity index is 2.09. The molecule has 2 amide bonds. The van der Waals surface area contributed by atoms with Gasteiger partial charge in [-0.1, -0.05) is 60.7 Å². The second kappa shape index (κ2) is 12.5. The molecular weight excluding hydrogens is 520 g/mol. The number of likely N-dealkylation sites (N-methyl/N-ethyl adjacent to an activating group) is 1. The molecule has 206 valence electrons. The first-order valence-corrected chi connectivity index (χ1v) is 14.1. The molecule has 10 nitrogen and oxygen atoms in total. The second-order valence-electron chi connectivity index (χ2n) is 9.27. The number of carbonyl (C=O) groups is 2. The van der Waals surface area contributed by atoms with Gasteiger partial charge in [-0.3, -0.25) is 24.0 Å². The van der Waals surface area contributed by atoms with Crippen molar-refractivity contribution in [2.24, 2.45) is 0 Å². The average Bonchev–Trinajstić information content (AvgIpc) is 2.90. The lowest BCUT2D eigenvalue weighted by Crippen LogP contribution is -2.53. The molecule has 0 spiro atoms. The number of carbonyl (C=O) groups excluding carboxylic acids is 2. The van der Waals surface area contributed by atoms with Crippen molar-refractivity contribution in [3.63, 3.8) is 0 Å². The van der Waals surface area contributed by atoms with Crippen LogP contribution in [0.2, 0.25) is 0 Å². The van der Waals surface area contributed by atoms with E-state index < -0.39 is 39.3 Å². The van der Waals surface area contributed by atoms with Gasteiger partial charge >= 0.3 is 0 Å². The molecule has 0 saturated heterocycles. The Hall–Kier alpha value is -4.25. The number of nitro benzene ring substituents is 1. The van der Waals surface area contributed by atoms with Gasteiger partial charge in [-0.25, -0.2) is 8.42 Å². The summed E-state index contributed by atoms with van der Waals surface area (Å²) < 4.78 is 26.6. The summed E-state index contributed by atoms with van der Waals surface area (Å²) in [6.45, 7) is 2.91. The highest BCUT2D eigenvalue weighted by atomic mass is 32.2. The third-order valence-electron chi connectivity index (χ3n) is 6.47. The fourth-order valence-electron chi connectivity index (χ4n) is 4.27. The van der Waals surface area contributed by atoms with Gasteiger partial charge in [-0.2, -0.15) is 0 Å². The van der Waals surface area contributed by atoms with Crippen LogP contribution in [-0.4, -0.2) is 55.9 Å². The summed E-state index contributed by atoms with van der Waals surface area (Å²) in [7, 11) is -2.56. The highest BCUT2D eigenvalue weighted by Gasteiger charge is 2.33. The molecule has 0 bridgehead atoms. The molecule has 0 heterocycles. The number of non-ortho nitro benzene ring substituents is 1. The van der Waals surface area contributed by atoms with Crippen molar-refractivity contribution in [1.29, 1.82) is 0 Å². The van der Waals surface area contributed by atoms with Crippen LogP contribution in [0.1, 0.15) is 22.3 Å². The largest absolute Gasteiger partial charge is 0.357 e. The molecule has 0 radical (unpaired) electrons. The Morgan fingerprint density at radius 1 is 0.974 bits per heavy atom. The Morgan fingerprint density at radius 3 is 2.21 bits per heavy atom. The number of nitrogens with one attached hydrogen (secondary N) is 1. The molecule has 3 aromatic rings. The first-order chi connectivity index (χ1) is 18.4. The van der Waals surface area contributed by atoms with Gasteiger partial charge in [0.15, 0.2) is 0 Å². The van der Waals surface area contributed by atoms with Crippen LogP contribution in [0, 0.1) is 24.0 Å². The van der Waals surface area contributed by atoms with Crippen molar-refractivity contribution in [2.75, 3.05) is 24.2 Å². The molecule has 3 rings (SSSR count). The minimum Gasteiger partial charge on any atom is -0.357 e. The van der Waals surface area contributed by atoms with Gasteiger partial charge in [0.05, 0.1) is 16.9 Å². The number of benzene rings is 3. The van der Waals surface area contributed by atoms with Crippen molar-refractivity contribution in [1.82, 2.24) is 10.2 Å². The fraction of sp³-hybridized carbons (Fsp3) is 0.286. The Labute approximate surface area is 228 Å². The predicted octanol–water partition coefficient (Wildman–Crippen LogP) is 3.36. The van der Waals surface area contributed by atoms with E-state index in [2.05, 4.69) is 5.32 Å². The summed E-state index contributed by atoms with van der Waals surface area (Å²) in [5, 5.41) is 14.0. The Morgan fingerprint density at radius 2 is 1.62 bits per heavy atom. The molecule has 1 N–H and O–H groups in total. The molecule has 0 aromatic heterocycles. The molecule has 0 aliphatic heterocycles. The molecular formula is C28H32N4O6S. The number of hydrogen-bond acceptors (Lipinski definition) is 6. The highest BCUT2D eigenvalue weighted by Crippen LogP contribution is 2.28. The normalized spacial score (nSPS) is 11.9. The molecule has 3 aromatic carbocycles. The van der Waals surface area contributed by atoms with Crippen LogP contribution in [0.15, 0.2) is 72.8 Å². The number of aryl methyl sites for hydroxylation is 2. The summed E-state index contributed by atoms with van der Waals surface area (Å²) in [6.07, 6.45) is 1.14. The van der Waals surface area contributed by atoms with E-state index in [1.54, 1.807) is 6.92 Å². The number of anilines is 1. The molecule has 39 heavy (non-hydrogen) atoms. The fourth-order valence-corrected chi connectivity index (χ4v) is 5.17. The topological polar surface area (TPSA) is 130 Å². The third kappa shape index (κ3) is 7.41. The van der Waals surface area contributed by atoms with Gasteiger partial charge in [0.1, 0.15) is 12.6 Å². The summed E-state index contributed by atoms with van der Waals surface area (Å²) in [5.74, 6) is -1.03. The van der Waals surface area contributed by atoms with Crippen LogP contribution >= 0.6 is 0 Å². The van der Waals surface area contributed by atoms with E-state index in [0.29, 0.717) is 5.56 Å². The first kappa shape index (κ1) is 29.3. The lowest BCUT2D eigenvalue weighted by atomic mass is 10.0. The van der Waals surface area contributed by atoms with Crippen LogP contribution in [0.5, 0.6) is 0 Å². The maximum atomic E-state index is 14.0. The average molecular weight is 553 g/mol. The molecule has 0 fully saturated rings. The van der Waals surface area contributed by atoms with Gasteiger partial charge in [0, 0.05) is 32.1 Å². The van der Waals surface area contributed by atoms with Crippen LogP contribution in [-0.2, 0) is 32.6 Å². The zero-order valence-electron chi connectivity index (χ0n) is 22.3. The van der Waals surface area contributed by atoms with E-state index in [1.165, 1.54) is 24.1 Å².